The van der Waals surface area contributed by atoms with Crippen molar-refractivity contribution in [3.63, 3.8) is 0 Å². The van der Waals surface area contributed by atoms with Gasteiger partial charge in [0.1, 0.15) is 24.7 Å². The van der Waals surface area contributed by atoms with Gasteiger partial charge >= 0.3 is 12.1 Å². The van der Waals surface area contributed by atoms with Crippen LogP contribution in [0.2, 0.25) is 0 Å². The molecule has 4 N–H and O–H groups in total. The zero-order valence-electron chi connectivity index (χ0n) is 24.4. The number of aliphatic hydroxyl groups is 1. The molecule has 0 saturated carbocycles. The average Bonchev–Trinajstić information content (AvgIpc) is 3.32. The van der Waals surface area contributed by atoms with Gasteiger partial charge in [0, 0.05) is 12.3 Å². The van der Waals surface area contributed by atoms with E-state index < -0.39 is 48.1 Å². The Bertz CT molecular complexity index is 1400. The molecule has 3 aromatic rings. The molecular formula is C33H37N3O7. The first-order chi connectivity index (χ1) is 20.7. The van der Waals surface area contributed by atoms with E-state index in [1.165, 1.54) is 13.8 Å². The van der Waals surface area contributed by atoms with Gasteiger partial charge in [0.2, 0.25) is 11.8 Å². The zero-order valence-corrected chi connectivity index (χ0v) is 24.4. The number of hydrogen-bond acceptors (Lipinski definition) is 7. The second-order valence-electron chi connectivity index (χ2n) is 10.4. The first-order valence-electron chi connectivity index (χ1n) is 14.3. The maximum Gasteiger partial charge on any atom is 0.407 e. The van der Waals surface area contributed by atoms with Crippen molar-refractivity contribution < 1.29 is 33.8 Å². The Balaban J connectivity index is 1.34. The standard InChI is InChI=1S/C33H37N3O7/c1-4-42-32(40)28(18-22-12-6-5-7-13-22)35-31(39)29(21(3)37)36-30(38)20(2)34-33(41)43-19-27-25-16-10-8-14-23(25)24-15-9-11-17-26(24)27/h5-17,20-21,27-29,37H,4,18-19H2,1-3H3,(H,34,41)(H,35,39)(H,36,38)/t20-,21+,28-,29-/m0/s1. The van der Waals surface area contributed by atoms with Gasteiger partial charge in [0.25, 0.3) is 0 Å². The van der Waals surface area contributed by atoms with Crippen LogP contribution in [0, 0.1) is 0 Å². The highest BCUT2D eigenvalue weighted by molar-refractivity contribution is 5.93. The van der Waals surface area contributed by atoms with E-state index in [0.29, 0.717) is 0 Å². The molecule has 0 saturated heterocycles. The van der Waals surface area contributed by atoms with E-state index in [0.717, 1.165) is 27.8 Å². The number of amides is 3. The molecule has 0 radical (unpaired) electrons. The summed E-state index contributed by atoms with van der Waals surface area (Å²) < 4.78 is 10.6. The van der Waals surface area contributed by atoms with Crippen molar-refractivity contribution in [2.24, 2.45) is 0 Å². The van der Waals surface area contributed by atoms with Crippen LogP contribution in [0.1, 0.15) is 43.4 Å². The highest BCUT2D eigenvalue weighted by Gasteiger charge is 2.33. The smallest absolute Gasteiger partial charge is 0.407 e. The van der Waals surface area contributed by atoms with Crippen molar-refractivity contribution in [2.75, 3.05) is 13.2 Å². The van der Waals surface area contributed by atoms with Crippen molar-refractivity contribution in [3.05, 3.63) is 95.6 Å². The first-order valence-corrected chi connectivity index (χ1v) is 14.3. The molecule has 0 bridgehead atoms. The van der Waals surface area contributed by atoms with Crippen molar-refractivity contribution in [1.82, 2.24) is 16.0 Å². The van der Waals surface area contributed by atoms with Crippen LogP contribution in [0.15, 0.2) is 78.9 Å². The number of hydrogen-bond donors (Lipinski definition) is 4. The fraction of sp³-hybridized carbons (Fsp3) is 0.333. The minimum atomic E-state index is -1.40. The van der Waals surface area contributed by atoms with Crippen LogP contribution < -0.4 is 16.0 Å². The first kappa shape index (κ1) is 31.2. The van der Waals surface area contributed by atoms with Crippen molar-refractivity contribution >= 4 is 23.9 Å². The molecule has 1 aliphatic carbocycles. The number of esters is 1. The Morgan fingerprint density at radius 3 is 1.93 bits per heavy atom. The highest BCUT2D eigenvalue weighted by atomic mass is 16.5. The zero-order chi connectivity index (χ0) is 30.9. The molecule has 10 nitrogen and oxygen atoms in total. The van der Waals surface area contributed by atoms with E-state index in [1.54, 1.807) is 6.92 Å². The number of carbonyl (C=O) groups is 4. The molecule has 4 atom stereocenters. The maximum atomic E-state index is 13.1. The van der Waals surface area contributed by atoms with Gasteiger partial charge < -0.3 is 30.5 Å². The van der Waals surface area contributed by atoms with Crippen LogP contribution in [0.3, 0.4) is 0 Å². The molecule has 3 aromatic carbocycles. The van der Waals surface area contributed by atoms with Gasteiger partial charge in [0.05, 0.1) is 12.7 Å². The van der Waals surface area contributed by atoms with E-state index in [-0.39, 0.29) is 25.6 Å². The lowest BCUT2D eigenvalue weighted by Gasteiger charge is -2.25. The second-order valence-corrected chi connectivity index (χ2v) is 10.4. The molecule has 10 heteroatoms. The summed E-state index contributed by atoms with van der Waals surface area (Å²) in [6.45, 7) is 4.62. The summed E-state index contributed by atoms with van der Waals surface area (Å²) in [7, 11) is 0. The van der Waals surface area contributed by atoms with Crippen LogP contribution >= 0.6 is 0 Å². The van der Waals surface area contributed by atoms with Crippen molar-refractivity contribution in [2.45, 2.75) is 57.3 Å². The largest absolute Gasteiger partial charge is 0.464 e. The molecule has 0 spiro atoms. The van der Waals surface area contributed by atoms with E-state index in [4.69, 9.17) is 9.47 Å². The van der Waals surface area contributed by atoms with E-state index in [9.17, 15) is 24.3 Å². The van der Waals surface area contributed by atoms with Gasteiger partial charge in [0.15, 0.2) is 0 Å². The van der Waals surface area contributed by atoms with Crippen LogP contribution in [-0.2, 0) is 30.3 Å². The number of carbonyl (C=O) groups excluding carboxylic acids is 4. The maximum absolute atomic E-state index is 13.1. The molecule has 0 aromatic heterocycles. The lowest BCUT2D eigenvalue weighted by atomic mass is 9.98. The SMILES string of the molecule is CCOC(=O)[C@H](Cc1ccccc1)NC(=O)[C@@H](NC(=O)[C@H](C)NC(=O)OCC1c2ccccc2-c2ccccc21)[C@@H](C)O. The molecule has 226 valence electrons. The quantitative estimate of drug-likeness (QED) is 0.239. The molecule has 0 heterocycles. The topological polar surface area (TPSA) is 143 Å². The predicted octanol–water partition coefficient (Wildman–Crippen LogP) is 3.07. The summed E-state index contributed by atoms with van der Waals surface area (Å²) in [5.74, 6) is -2.27. The van der Waals surface area contributed by atoms with Gasteiger partial charge in [-0.05, 0) is 48.6 Å². The lowest BCUT2D eigenvalue weighted by molar-refractivity contribution is -0.148. The Kier molecular flexibility index (Phi) is 10.5. The van der Waals surface area contributed by atoms with Crippen LogP contribution in [0.25, 0.3) is 11.1 Å². The number of aliphatic hydroxyl groups excluding tert-OH is 1. The minimum absolute atomic E-state index is 0.0730. The molecular weight excluding hydrogens is 550 g/mol. The van der Waals surface area contributed by atoms with Gasteiger partial charge in [-0.1, -0.05) is 78.9 Å². The lowest BCUT2D eigenvalue weighted by Crippen LogP contribution is -2.59. The average molecular weight is 588 g/mol. The molecule has 1 aliphatic rings. The van der Waals surface area contributed by atoms with Gasteiger partial charge in [-0.3, -0.25) is 9.59 Å². The van der Waals surface area contributed by atoms with E-state index in [1.807, 2.05) is 78.9 Å². The molecule has 0 aliphatic heterocycles. The third-order valence-electron chi connectivity index (χ3n) is 7.30. The third-order valence-corrected chi connectivity index (χ3v) is 7.30. The monoisotopic (exact) mass is 587 g/mol. The summed E-state index contributed by atoms with van der Waals surface area (Å²) >= 11 is 0. The summed E-state index contributed by atoms with van der Waals surface area (Å²) in [6.07, 6.45) is -1.94. The van der Waals surface area contributed by atoms with E-state index >= 15 is 0 Å². The Morgan fingerprint density at radius 2 is 1.35 bits per heavy atom. The Hall–Kier alpha value is -4.70. The minimum Gasteiger partial charge on any atom is -0.464 e. The summed E-state index contributed by atoms with van der Waals surface area (Å²) in [5, 5.41) is 17.8. The van der Waals surface area contributed by atoms with Gasteiger partial charge in [-0.15, -0.1) is 0 Å². The number of alkyl carbamates (subject to hydrolysis) is 1. The van der Waals surface area contributed by atoms with Crippen LogP contribution in [-0.4, -0.2) is 66.4 Å². The van der Waals surface area contributed by atoms with Crippen molar-refractivity contribution in [3.8, 4) is 11.1 Å². The Morgan fingerprint density at radius 1 is 0.767 bits per heavy atom. The van der Waals surface area contributed by atoms with E-state index in [2.05, 4.69) is 16.0 Å². The summed E-state index contributed by atoms with van der Waals surface area (Å²) in [6, 6.07) is 21.4. The molecule has 0 fully saturated rings. The Labute approximate surface area is 250 Å². The fourth-order valence-electron chi connectivity index (χ4n) is 5.11. The van der Waals surface area contributed by atoms with Crippen LogP contribution in [0.4, 0.5) is 4.79 Å². The predicted molar refractivity (Wildman–Crippen MR) is 160 cm³/mol. The summed E-state index contributed by atoms with van der Waals surface area (Å²) in [4.78, 5) is 51.3. The molecule has 0 unspecified atom stereocenters. The number of benzene rings is 3. The van der Waals surface area contributed by atoms with Gasteiger partial charge in [-0.2, -0.15) is 0 Å². The number of nitrogens with one attached hydrogen (secondary N) is 3. The normalized spacial score (nSPS) is 14.7. The number of rotatable bonds is 12. The van der Waals surface area contributed by atoms with Crippen LogP contribution in [0.5, 0.6) is 0 Å². The fourth-order valence-corrected chi connectivity index (χ4v) is 5.11. The molecule has 43 heavy (non-hydrogen) atoms. The summed E-state index contributed by atoms with van der Waals surface area (Å²) in [5.41, 5.74) is 5.09. The second kappa shape index (κ2) is 14.5. The molecule has 4 rings (SSSR count). The third kappa shape index (κ3) is 7.78. The van der Waals surface area contributed by atoms with Crippen molar-refractivity contribution in [1.29, 1.82) is 0 Å². The molecule has 3 amide bonds. The van der Waals surface area contributed by atoms with Gasteiger partial charge in [-0.25, -0.2) is 9.59 Å². The number of ether oxygens (including phenoxy) is 2. The highest BCUT2D eigenvalue weighted by Crippen LogP contribution is 2.44. The number of fused-ring (bicyclic) bond motifs is 3.